The normalized spacial score (nSPS) is 29.0. The van der Waals surface area contributed by atoms with Crippen LogP contribution >= 0.6 is 0 Å². The van der Waals surface area contributed by atoms with Crippen molar-refractivity contribution in [3.05, 3.63) is 53.3 Å². The first-order valence-electron chi connectivity index (χ1n) is 12.1. The van der Waals surface area contributed by atoms with Crippen LogP contribution in [-0.4, -0.2) is 29.1 Å². The van der Waals surface area contributed by atoms with Crippen LogP contribution in [0.1, 0.15) is 67.2 Å². The number of benzene rings is 1. The topological polar surface area (TPSA) is 60.3 Å². The number of amides is 1. The van der Waals surface area contributed by atoms with Crippen LogP contribution in [0, 0.1) is 37.0 Å². The number of carbonyl (C=O) groups is 2. The van der Waals surface area contributed by atoms with E-state index >= 15 is 0 Å². The molecule has 0 aliphatic heterocycles. The van der Waals surface area contributed by atoms with Crippen molar-refractivity contribution in [3.63, 3.8) is 0 Å². The molecule has 1 N–H and O–H groups in total. The lowest BCUT2D eigenvalue weighted by atomic mass is 9.48. The molecule has 4 aliphatic rings. The van der Waals surface area contributed by atoms with Crippen molar-refractivity contribution in [2.75, 3.05) is 6.61 Å². The van der Waals surface area contributed by atoms with Gasteiger partial charge in [-0.2, -0.15) is 0 Å². The predicted molar refractivity (Wildman–Crippen MR) is 124 cm³/mol. The molecule has 1 amide bonds. The van der Waals surface area contributed by atoms with Gasteiger partial charge in [0.25, 0.3) is 5.91 Å². The zero-order chi connectivity index (χ0) is 22.5. The van der Waals surface area contributed by atoms with Gasteiger partial charge in [0.2, 0.25) is 0 Å². The SMILES string of the molecule is Cc1cc(C(=O)OCC(=O)NC(C)C23CC4CC(CC(C4)C2)C3)c(C)n1-c1ccccc1. The molecular formula is C27H34N2O3. The maximum Gasteiger partial charge on any atom is 0.340 e. The van der Waals surface area contributed by atoms with Crippen molar-refractivity contribution in [3.8, 4) is 5.69 Å². The molecule has 170 valence electrons. The standard InChI is InChI=1S/C27H34N2O3/c1-17-9-24(18(2)29(17)23-7-5-4-6-8-23)26(31)32-16-25(30)28-19(3)27-13-20-10-21(14-27)12-22(11-20)15-27/h4-9,19-22H,10-16H2,1-3H3,(H,28,30). The summed E-state index contributed by atoms with van der Waals surface area (Å²) >= 11 is 0. The second kappa shape index (κ2) is 8.09. The van der Waals surface area contributed by atoms with Crippen molar-refractivity contribution in [1.29, 1.82) is 0 Å². The molecule has 2 aromatic rings. The summed E-state index contributed by atoms with van der Waals surface area (Å²) in [6, 6.07) is 11.9. The van der Waals surface area contributed by atoms with Crippen LogP contribution in [0.2, 0.25) is 0 Å². The summed E-state index contributed by atoms with van der Waals surface area (Å²) in [6.45, 7) is 5.80. The largest absolute Gasteiger partial charge is 0.452 e. The van der Waals surface area contributed by atoms with E-state index in [0.29, 0.717) is 5.56 Å². The molecule has 4 saturated carbocycles. The van der Waals surface area contributed by atoms with Crippen LogP contribution in [-0.2, 0) is 9.53 Å². The summed E-state index contributed by atoms with van der Waals surface area (Å²) < 4.78 is 7.46. The van der Waals surface area contributed by atoms with Crippen LogP contribution < -0.4 is 5.32 Å². The molecule has 5 nitrogen and oxygen atoms in total. The summed E-state index contributed by atoms with van der Waals surface area (Å²) in [7, 11) is 0. The molecule has 0 spiro atoms. The molecule has 1 aromatic heterocycles. The second-order valence-corrected chi connectivity index (χ2v) is 10.6. The zero-order valence-corrected chi connectivity index (χ0v) is 19.4. The van der Waals surface area contributed by atoms with Gasteiger partial charge in [0.1, 0.15) is 0 Å². The van der Waals surface area contributed by atoms with E-state index in [1.807, 2.05) is 54.8 Å². The number of carbonyl (C=O) groups excluding carboxylic acids is 2. The maximum absolute atomic E-state index is 12.8. The number of nitrogens with zero attached hydrogens (tertiary/aromatic N) is 1. The molecule has 4 bridgehead atoms. The average Bonchev–Trinajstić information content (AvgIpc) is 3.05. The first-order valence-corrected chi connectivity index (χ1v) is 12.1. The molecule has 6 rings (SSSR count). The number of esters is 1. The molecule has 1 unspecified atom stereocenters. The van der Waals surface area contributed by atoms with Crippen molar-refractivity contribution in [1.82, 2.24) is 9.88 Å². The molecule has 32 heavy (non-hydrogen) atoms. The maximum atomic E-state index is 12.8. The number of para-hydroxylation sites is 1. The third kappa shape index (κ3) is 3.76. The minimum Gasteiger partial charge on any atom is -0.452 e. The summed E-state index contributed by atoms with van der Waals surface area (Å²) in [5, 5.41) is 3.18. The molecule has 0 saturated heterocycles. The first kappa shape index (κ1) is 21.3. The van der Waals surface area contributed by atoms with E-state index in [1.54, 1.807) is 0 Å². The summed E-state index contributed by atoms with van der Waals surface area (Å²) in [4.78, 5) is 25.4. The Bertz CT molecular complexity index is 988. The lowest BCUT2D eigenvalue weighted by Crippen LogP contribution is -2.56. The highest BCUT2D eigenvalue weighted by Crippen LogP contribution is 2.61. The van der Waals surface area contributed by atoms with E-state index in [9.17, 15) is 9.59 Å². The van der Waals surface area contributed by atoms with Crippen molar-refractivity contribution >= 4 is 11.9 Å². The van der Waals surface area contributed by atoms with E-state index in [2.05, 4.69) is 12.2 Å². The van der Waals surface area contributed by atoms with Crippen molar-refractivity contribution in [2.45, 2.75) is 65.3 Å². The van der Waals surface area contributed by atoms with Gasteiger partial charge in [0.15, 0.2) is 6.61 Å². The fraction of sp³-hybridized carbons (Fsp3) is 0.556. The van der Waals surface area contributed by atoms with Gasteiger partial charge in [0, 0.05) is 23.1 Å². The summed E-state index contributed by atoms with van der Waals surface area (Å²) in [6.07, 6.45) is 7.89. The Labute approximate surface area is 190 Å². The van der Waals surface area contributed by atoms with Crippen LogP contribution in [0.15, 0.2) is 36.4 Å². The molecule has 4 aliphatic carbocycles. The number of aromatic nitrogens is 1. The van der Waals surface area contributed by atoms with Gasteiger partial charge < -0.3 is 14.6 Å². The number of nitrogens with one attached hydrogen (secondary N) is 1. The number of hydrogen-bond donors (Lipinski definition) is 1. The third-order valence-corrected chi connectivity index (χ3v) is 8.38. The third-order valence-electron chi connectivity index (χ3n) is 8.38. The van der Waals surface area contributed by atoms with Crippen LogP contribution in [0.4, 0.5) is 0 Å². The highest BCUT2D eigenvalue weighted by atomic mass is 16.5. The van der Waals surface area contributed by atoms with E-state index in [0.717, 1.165) is 34.8 Å². The second-order valence-electron chi connectivity index (χ2n) is 10.6. The lowest BCUT2D eigenvalue weighted by Gasteiger charge is -2.59. The van der Waals surface area contributed by atoms with E-state index in [1.165, 1.54) is 38.5 Å². The highest BCUT2D eigenvalue weighted by molar-refractivity contribution is 5.93. The predicted octanol–water partition coefficient (Wildman–Crippen LogP) is 4.97. The monoisotopic (exact) mass is 434 g/mol. The van der Waals surface area contributed by atoms with Gasteiger partial charge >= 0.3 is 5.97 Å². The van der Waals surface area contributed by atoms with E-state index < -0.39 is 5.97 Å². The molecule has 0 radical (unpaired) electrons. The Kier molecular flexibility index (Phi) is 5.39. The van der Waals surface area contributed by atoms with Gasteiger partial charge in [-0.05, 0) is 101 Å². The summed E-state index contributed by atoms with van der Waals surface area (Å²) in [5.41, 5.74) is 3.54. The van der Waals surface area contributed by atoms with E-state index in [4.69, 9.17) is 4.74 Å². The van der Waals surface area contributed by atoms with Crippen LogP contribution in [0.3, 0.4) is 0 Å². The Morgan fingerprint density at radius 2 is 1.66 bits per heavy atom. The Morgan fingerprint density at radius 1 is 1.06 bits per heavy atom. The smallest absolute Gasteiger partial charge is 0.340 e. The minimum atomic E-state index is -0.446. The molecule has 4 fully saturated rings. The molecule has 1 heterocycles. The van der Waals surface area contributed by atoms with Crippen molar-refractivity contribution in [2.24, 2.45) is 23.2 Å². The molecule has 1 aromatic carbocycles. The quantitative estimate of drug-likeness (QED) is 0.653. The van der Waals surface area contributed by atoms with Gasteiger partial charge in [-0.25, -0.2) is 4.79 Å². The first-order chi connectivity index (χ1) is 15.3. The molecule has 5 heteroatoms. The Hall–Kier alpha value is -2.56. The Balaban J connectivity index is 1.20. The highest BCUT2D eigenvalue weighted by Gasteiger charge is 2.53. The van der Waals surface area contributed by atoms with Gasteiger partial charge in [-0.1, -0.05) is 18.2 Å². The van der Waals surface area contributed by atoms with Crippen molar-refractivity contribution < 1.29 is 14.3 Å². The van der Waals surface area contributed by atoms with Crippen LogP contribution in [0.5, 0.6) is 0 Å². The van der Waals surface area contributed by atoms with Gasteiger partial charge in [0.05, 0.1) is 5.56 Å². The number of ether oxygens (including phenoxy) is 1. The minimum absolute atomic E-state index is 0.130. The summed E-state index contributed by atoms with van der Waals surface area (Å²) in [5.74, 6) is 1.89. The van der Waals surface area contributed by atoms with Gasteiger partial charge in [-0.15, -0.1) is 0 Å². The van der Waals surface area contributed by atoms with Crippen LogP contribution in [0.25, 0.3) is 5.69 Å². The lowest BCUT2D eigenvalue weighted by molar-refractivity contribution is -0.128. The molecule has 1 atom stereocenters. The molecular weight excluding hydrogens is 400 g/mol. The number of rotatable bonds is 6. The fourth-order valence-corrected chi connectivity index (χ4v) is 7.30. The number of aryl methyl sites for hydroxylation is 1. The zero-order valence-electron chi connectivity index (χ0n) is 19.4. The average molecular weight is 435 g/mol. The number of hydrogen-bond acceptors (Lipinski definition) is 3. The van der Waals surface area contributed by atoms with E-state index in [-0.39, 0.29) is 24.0 Å². The Morgan fingerprint density at radius 3 is 2.25 bits per heavy atom. The van der Waals surface area contributed by atoms with Gasteiger partial charge in [-0.3, -0.25) is 4.79 Å². The fourth-order valence-electron chi connectivity index (χ4n) is 7.30.